The molecule has 0 saturated heterocycles. The van der Waals surface area contributed by atoms with Gasteiger partial charge in [0.15, 0.2) is 5.96 Å². The maximum Gasteiger partial charge on any atom is 0.191 e. The van der Waals surface area contributed by atoms with Crippen molar-refractivity contribution >= 4 is 29.9 Å². The second-order valence-electron chi connectivity index (χ2n) is 6.56. The number of ether oxygens (including phenoxy) is 1. The van der Waals surface area contributed by atoms with Crippen LogP contribution in [-0.2, 0) is 6.54 Å². The average molecular weight is 465 g/mol. The molecule has 1 fully saturated rings. The molecule has 140 valence electrons. The van der Waals surface area contributed by atoms with Crippen molar-refractivity contribution in [2.75, 3.05) is 13.7 Å². The summed E-state index contributed by atoms with van der Waals surface area (Å²) in [6, 6.07) is 18.8. The summed E-state index contributed by atoms with van der Waals surface area (Å²) in [6.07, 6.45) is 2.60. The molecule has 2 N–H and O–H groups in total. The van der Waals surface area contributed by atoms with Crippen LogP contribution in [0.15, 0.2) is 59.6 Å². The molecule has 0 heterocycles. The van der Waals surface area contributed by atoms with Crippen molar-refractivity contribution in [2.24, 2.45) is 10.9 Å². The van der Waals surface area contributed by atoms with Crippen LogP contribution in [0.1, 0.15) is 36.9 Å². The molecule has 0 radical (unpaired) electrons. The molecule has 2 aromatic rings. The smallest absolute Gasteiger partial charge is 0.191 e. The topological polar surface area (TPSA) is 45.7 Å². The predicted molar refractivity (Wildman–Crippen MR) is 118 cm³/mol. The number of hydrogen-bond donors (Lipinski definition) is 2. The summed E-state index contributed by atoms with van der Waals surface area (Å²) in [5.74, 6) is 2.50. The molecule has 0 spiro atoms. The summed E-state index contributed by atoms with van der Waals surface area (Å²) < 4.78 is 5.98. The van der Waals surface area contributed by atoms with E-state index in [9.17, 15) is 0 Å². The highest BCUT2D eigenvalue weighted by atomic mass is 127. The zero-order chi connectivity index (χ0) is 17.5. The Morgan fingerprint density at radius 3 is 2.50 bits per heavy atom. The fraction of sp³-hybridized carbons (Fsp3) is 0.381. The molecule has 26 heavy (non-hydrogen) atoms. The molecule has 0 aliphatic heterocycles. The first-order valence-corrected chi connectivity index (χ1v) is 8.99. The maximum absolute atomic E-state index is 5.98. The van der Waals surface area contributed by atoms with Crippen molar-refractivity contribution in [3.8, 4) is 5.75 Å². The number of guanidine groups is 1. The highest BCUT2D eigenvalue weighted by Crippen LogP contribution is 2.30. The van der Waals surface area contributed by atoms with Crippen molar-refractivity contribution < 1.29 is 4.74 Å². The number of nitrogens with one attached hydrogen (secondary N) is 2. The maximum atomic E-state index is 5.98. The number of hydrogen-bond acceptors (Lipinski definition) is 2. The fourth-order valence-corrected chi connectivity index (χ4v) is 2.69. The lowest BCUT2D eigenvalue weighted by Crippen LogP contribution is -2.38. The van der Waals surface area contributed by atoms with Gasteiger partial charge in [-0.1, -0.05) is 48.5 Å². The second kappa shape index (κ2) is 10.4. The molecule has 1 aliphatic carbocycles. The molecule has 1 unspecified atom stereocenters. The predicted octanol–water partition coefficient (Wildman–Crippen LogP) is 4.52. The van der Waals surface area contributed by atoms with E-state index in [2.05, 4.69) is 52.9 Å². The summed E-state index contributed by atoms with van der Waals surface area (Å²) in [6.45, 7) is 3.64. The third-order valence-electron chi connectivity index (χ3n) is 4.47. The SMILES string of the molecule is CN=C(NCc1ccccc1OCC1CC1)NC(C)c1ccccc1.I. The van der Waals surface area contributed by atoms with Crippen molar-refractivity contribution in [1.82, 2.24) is 10.6 Å². The summed E-state index contributed by atoms with van der Waals surface area (Å²) in [7, 11) is 1.79. The van der Waals surface area contributed by atoms with Crippen LogP contribution in [0.5, 0.6) is 5.75 Å². The Kier molecular flexibility index (Phi) is 8.22. The monoisotopic (exact) mass is 465 g/mol. The Morgan fingerprint density at radius 1 is 1.12 bits per heavy atom. The summed E-state index contributed by atoms with van der Waals surface area (Å²) in [4.78, 5) is 4.34. The molecule has 0 bridgehead atoms. The van der Waals surface area contributed by atoms with E-state index in [0.29, 0.717) is 6.54 Å². The van der Waals surface area contributed by atoms with Crippen molar-refractivity contribution in [2.45, 2.75) is 32.4 Å². The molecule has 0 aromatic heterocycles. The lowest BCUT2D eigenvalue weighted by atomic mass is 10.1. The lowest BCUT2D eigenvalue weighted by Gasteiger charge is -2.19. The molecule has 5 heteroatoms. The Labute approximate surface area is 173 Å². The van der Waals surface area contributed by atoms with Crippen LogP contribution < -0.4 is 15.4 Å². The molecular weight excluding hydrogens is 437 g/mol. The molecule has 1 atom stereocenters. The van der Waals surface area contributed by atoms with E-state index >= 15 is 0 Å². The summed E-state index contributed by atoms with van der Waals surface area (Å²) >= 11 is 0. The molecular formula is C21H28IN3O. The van der Waals surface area contributed by atoms with Gasteiger partial charge in [-0.3, -0.25) is 4.99 Å². The summed E-state index contributed by atoms with van der Waals surface area (Å²) in [5, 5.41) is 6.82. The number of benzene rings is 2. The minimum absolute atomic E-state index is 0. The quantitative estimate of drug-likeness (QED) is 0.359. The molecule has 0 amide bonds. The highest BCUT2D eigenvalue weighted by molar-refractivity contribution is 14.0. The fourth-order valence-electron chi connectivity index (χ4n) is 2.69. The molecule has 1 saturated carbocycles. The van der Waals surface area contributed by atoms with Crippen molar-refractivity contribution in [1.29, 1.82) is 0 Å². The van der Waals surface area contributed by atoms with Gasteiger partial charge in [-0.05, 0) is 37.3 Å². The first-order chi connectivity index (χ1) is 12.3. The molecule has 3 rings (SSSR count). The minimum Gasteiger partial charge on any atom is -0.493 e. The zero-order valence-corrected chi connectivity index (χ0v) is 17.8. The number of halogens is 1. The van der Waals surface area contributed by atoms with Crippen molar-refractivity contribution in [3.05, 3.63) is 65.7 Å². The zero-order valence-electron chi connectivity index (χ0n) is 15.4. The van der Waals surface area contributed by atoms with Gasteiger partial charge in [-0.15, -0.1) is 24.0 Å². The lowest BCUT2D eigenvalue weighted by molar-refractivity contribution is 0.296. The van der Waals surface area contributed by atoms with E-state index in [4.69, 9.17) is 4.74 Å². The number of para-hydroxylation sites is 1. The first kappa shape index (κ1) is 20.6. The van der Waals surface area contributed by atoms with Crippen LogP contribution in [0.2, 0.25) is 0 Å². The standard InChI is InChI=1S/C21H27N3O.HI/c1-16(18-8-4-3-5-9-18)24-21(22-2)23-14-19-10-6-7-11-20(19)25-15-17-12-13-17;/h3-11,16-17H,12-15H2,1-2H3,(H2,22,23,24);1H. The van der Waals surface area contributed by atoms with Gasteiger partial charge in [0, 0.05) is 19.2 Å². The van der Waals surface area contributed by atoms with E-state index in [0.717, 1.165) is 29.8 Å². The van der Waals surface area contributed by atoms with Gasteiger partial charge >= 0.3 is 0 Å². The third kappa shape index (κ3) is 6.20. The van der Waals surface area contributed by atoms with Crippen LogP contribution in [-0.4, -0.2) is 19.6 Å². The molecule has 1 aliphatic rings. The van der Waals surface area contributed by atoms with E-state index in [-0.39, 0.29) is 30.0 Å². The van der Waals surface area contributed by atoms with Gasteiger partial charge in [-0.2, -0.15) is 0 Å². The van der Waals surface area contributed by atoms with E-state index in [1.807, 2.05) is 24.3 Å². The average Bonchev–Trinajstić information content (AvgIpc) is 3.49. The van der Waals surface area contributed by atoms with Gasteiger partial charge in [-0.25, -0.2) is 0 Å². The van der Waals surface area contributed by atoms with Gasteiger partial charge in [0.25, 0.3) is 0 Å². The first-order valence-electron chi connectivity index (χ1n) is 8.99. The number of nitrogens with zero attached hydrogens (tertiary/aromatic N) is 1. The van der Waals surface area contributed by atoms with Crippen LogP contribution in [0, 0.1) is 5.92 Å². The minimum atomic E-state index is 0. The Bertz CT molecular complexity index is 701. The van der Waals surface area contributed by atoms with Crippen molar-refractivity contribution in [3.63, 3.8) is 0 Å². The summed E-state index contributed by atoms with van der Waals surface area (Å²) in [5.41, 5.74) is 2.39. The second-order valence-corrected chi connectivity index (χ2v) is 6.56. The van der Waals surface area contributed by atoms with Crippen LogP contribution in [0.3, 0.4) is 0 Å². The Morgan fingerprint density at radius 2 is 1.81 bits per heavy atom. The Balaban J connectivity index is 0.00000243. The van der Waals surface area contributed by atoms with Gasteiger partial charge < -0.3 is 15.4 Å². The third-order valence-corrected chi connectivity index (χ3v) is 4.47. The van der Waals surface area contributed by atoms with Crippen LogP contribution in [0.25, 0.3) is 0 Å². The van der Waals surface area contributed by atoms with E-state index in [1.165, 1.54) is 18.4 Å². The van der Waals surface area contributed by atoms with Gasteiger partial charge in [0.2, 0.25) is 0 Å². The van der Waals surface area contributed by atoms with Gasteiger partial charge in [0.1, 0.15) is 5.75 Å². The van der Waals surface area contributed by atoms with Gasteiger partial charge in [0.05, 0.1) is 12.6 Å². The van der Waals surface area contributed by atoms with E-state index < -0.39 is 0 Å². The number of aliphatic imine (C=N–C) groups is 1. The van der Waals surface area contributed by atoms with Crippen LogP contribution in [0.4, 0.5) is 0 Å². The largest absolute Gasteiger partial charge is 0.493 e. The number of rotatable bonds is 7. The molecule has 4 nitrogen and oxygen atoms in total. The molecule has 2 aromatic carbocycles. The van der Waals surface area contributed by atoms with Crippen LogP contribution >= 0.6 is 24.0 Å². The van der Waals surface area contributed by atoms with E-state index in [1.54, 1.807) is 7.05 Å². The normalized spacial score (nSPS) is 14.9. The Hall–Kier alpha value is -1.76. The highest BCUT2D eigenvalue weighted by Gasteiger charge is 2.22.